The van der Waals surface area contributed by atoms with E-state index in [-0.39, 0.29) is 0 Å². The molecule has 0 saturated carbocycles. The van der Waals surface area contributed by atoms with Gasteiger partial charge in [0.2, 0.25) is 0 Å². The van der Waals surface area contributed by atoms with Crippen LogP contribution in [0.4, 0.5) is 0 Å². The van der Waals surface area contributed by atoms with Crippen LogP contribution >= 0.6 is 0 Å². The maximum atomic E-state index is 8.68. The Kier molecular flexibility index (Phi) is 3.70. The number of nitrogens with two attached hydrogens (primary N) is 1. The molecule has 0 amide bonds. The van der Waals surface area contributed by atoms with E-state index in [1.54, 1.807) is 7.11 Å². The van der Waals surface area contributed by atoms with Gasteiger partial charge in [0.15, 0.2) is 0 Å². The van der Waals surface area contributed by atoms with Gasteiger partial charge in [-0.15, -0.1) is 0 Å². The Labute approximate surface area is 90.5 Å². The molecule has 0 aromatic heterocycles. The lowest BCUT2D eigenvalue weighted by molar-refractivity contribution is 0.405. The zero-order valence-electron chi connectivity index (χ0n) is 9.37. The normalized spacial score (nSPS) is 11.9. The average Bonchev–Trinajstić information content (AvgIpc) is 2.17. The van der Waals surface area contributed by atoms with Crippen LogP contribution in [0.15, 0.2) is 12.1 Å². The number of nitriles is 1. The smallest absolute Gasteiger partial charge is 0.125 e. The van der Waals surface area contributed by atoms with Gasteiger partial charge in [0, 0.05) is 6.42 Å². The molecule has 1 aromatic carbocycles. The van der Waals surface area contributed by atoms with Crippen molar-refractivity contribution < 1.29 is 4.74 Å². The Balaban J connectivity index is 3.10. The van der Waals surface area contributed by atoms with Crippen LogP contribution in [-0.2, 0) is 6.42 Å². The summed E-state index contributed by atoms with van der Waals surface area (Å²) in [5.41, 5.74) is 8.86. The van der Waals surface area contributed by atoms with Crippen LogP contribution in [0, 0.1) is 25.2 Å². The third-order valence-corrected chi connectivity index (χ3v) is 2.31. The molecule has 2 N–H and O–H groups in total. The third kappa shape index (κ3) is 2.71. The lowest BCUT2D eigenvalue weighted by atomic mass is 10.0. The van der Waals surface area contributed by atoms with Gasteiger partial charge in [-0.3, -0.25) is 0 Å². The molecular formula is C12H16N2O. The second-order valence-corrected chi connectivity index (χ2v) is 3.71. The molecule has 0 aliphatic carbocycles. The molecule has 0 saturated heterocycles. The van der Waals surface area contributed by atoms with Crippen molar-refractivity contribution in [2.75, 3.05) is 7.11 Å². The summed E-state index contributed by atoms with van der Waals surface area (Å²) in [6.45, 7) is 4.01. The number of methoxy groups -OCH3 is 1. The summed E-state index contributed by atoms with van der Waals surface area (Å²) in [4.78, 5) is 0. The van der Waals surface area contributed by atoms with Gasteiger partial charge in [0.25, 0.3) is 0 Å². The summed E-state index contributed by atoms with van der Waals surface area (Å²) in [5, 5.41) is 8.68. The van der Waals surface area contributed by atoms with Crippen molar-refractivity contribution in [3.8, 4) is 11.8 Å². The zero-order chi connectivity index (χ0) is 11.4. The minimum Gasteiger partial charge on any atom is -0.496 e. The monoisotopic (exact) mass is 204 g/mol. The summed E-state index contributed by atoms with van der Waals surface area (Å²) in [6.07, 6.45) is 0.530. The van der Waals surface area contributed by atoms with Crippen LogP contribution in [0.1, 0.15) is 16.7 Å². The van der Waals surface area contributed by atoms with Crippen LogP contribution in [-0.4, -0.2) is 13.2 Å². The van der Waals surface area contributed by atoms with Crippen LogP contribution in [0.2, 0.25) is 0 Å². The van der Waals surface area contributed by atoms with Gasteiger partial charge < -0.3 is 10.5 Å². The first kappa shape index (κ1) is 11.5. The predicted octanol–water partition coefficient (Wildman–Crippen LogP) is 1.71. The Morgan fingerprint density at radius 2 is 2.13 bits per heavy atom. The predicted molar refractivity (Wildman–Crippen MR) is 59.8 cm³/mol. The lowest BCUT2D eigenvalue weighted by Crippen LogP contribution is -2.20. The molecular weight excluding hydrogens is 188 g/mol. The molecule has 3 heteroatoms. The van der Waals surface area contributed by atoms with Crippen molar-refractivity contribution >= 4 is 0 Å². The molecule has 0 radical (unpaired) electrons. The van der Waals surface area contributed by atoms with Gasteiger partial charge in [0.1, 0.15) is 5.75 Å². The molecule has 0 bridgehead atoms. The highest BCUT2D eigenvalue weighted by atomic mass is 16.5. The molecule has 1 aromatic rings. The van der Waals surface area contributed by atoms with E-state index < -0.39 is 6.04 Å². The number of hydrogen-bond acceptors (Lipinski definition) is 3. The van der Waals surface area contributed by atoms with Crippen molar-refractivity contribution in [2.45, 2.75) is 26.3 Å². The van der Waals surface area contributed by atoms with Crippen molar-refractivity contribution in [3.05, 3.63) is 28.8 Å². The van der Waals surface area contributed by atoms with E-state index >= 15 is 0 Å². The first-order chi connectivity index (χ1) is 7.08. The molecule has 1 rings (SSSR count). The molecule has 0 aliphatic rings. The minimum atomic E-state index is -0.472. The third-order valence-electron chi connectivity index (χ3n) is 2.31. The average molecular weight is 204 g/mol. The van der Waals surface area contributed by atoms with Crippen LogP contribution in [0.25, 0.3) is 0 Å². The highest BCUT2D eigenvalue weighted by Crippen LogP contribution is 2.25. The number of aryl methyl sites for hydroxylation is 2. The number of rotatable bonds is 3. The van der Waals surface area contributed by atoms with Crippen LogP contribution in [0.3, 0.4) is 0 Å². The van der Waals surface area contributed by atoms with E-state index in [9.17, 15) is 0 Å². The second kappa shape index (κ2) is 4.81. The van der Waals surface area contributed by atoms with Crippen molar-refractivity contribution in [3.63, 3.8) is 0 Å². The maximum Gasteiger partial charge on any atom is 0.125 e. The highest BCUT2D eigenvalue weighted by molar-refractivity contribution is 5.44. The first-order valence-corrected chi connectivity index (χ1v) is 4.87. The summed E-state index contributed by atoms with van der Waals surface area (Å²) < 4.78 is 5.31. The number of hydrogen-bond donors (Lipinski definition) is 1. The molecule has 1 atom stereocenters. The van der Waals surface area contributed by atoms with E-state index in [0.29, 0.717) is 6.42 Å². The summed E-state index contributed by atoms with van der Waals surface area (Å²) in [6, 6.07) is 5.63. The quantitative estimate of drug-likeness (QED) is 0.815. The Morgan fingerprint density at radius 1 is 1.47 bits per heavy atom. The Bertz CT molecular complexity index is 393. The Hall–Kier alpha value is -1.53. The fourth-order valence-electron chi connectivity index (χ4n) is 1.77. The van der Waals surface area contributed by atoms with E-state index in [0.717, 1.165) is 22.4 Å². The van der Waals surface area contributed by atoms with Gasteiger partial charge in [-0.1, -0.05) is 17.7 Å². The molecule has 80 valence electrons. The second-order valence-electron chi connectivity index (χ2n) is 3.71. The SMILES string of the molecule is COc1c(C)cc(C)cc1CC(N)C#N. The topological polar surface area (TPSA) is 59.0 Å². The molecule has 0 aliphatic heterocycles. The maximum absolute atomic E-state index is 8.68. The molecule has 0 spiro atoms. The summed E-state index contributed by atoms with van der Waals surface area (Å²) >= 11 is 0. The van der Waals surface area contributed by atoms with Gasteiger partial charge in [-0.25, -0.2) is 0 Å². The number of ether oxygens (including phenoxy) is 1. The fourth-order valence-corrected chi connectivity index (χ4v) is 1.77. The van der Waals surface area contributed by atoms with Gasteiger partial charge in [-0.2, -0.15) is 5.26 Å². The van der Waals surface area contributed by atoms with Crippen LogP contribution < -0.4 is 10.5 Å². The largest absolute Gasteiger partial charge is 0.496 e. The van der Waals surface area contributed by atoms with E-state index in [4.69, 9.17) is 15.7 Å². The zero-order valence-corrected chi connectivity index (χ0v) is 9.37. The summed E-state index contributed by atoms with van der Waals surface area (Å²) in [7, 11) is 1.64. The number of benzene rings is 1. The van der Waals surface area contributed by atoms with Gasteiger partial charge >= 0.3 is 0 Å². The fraction of sp³-hybridized carbons (Fsp3) is 0.417. The Morgan fingerprint density at radius 3 is 2.67 bits per heavy atom. The molecule has 0 fully saturated rings. The highest BCUT2D eigenvalue weighted by Gasteiger charge is 2.10. The van der Waals surface area contributed by atoms with Crippen molar-refractivity contribution in [1.82, 2.24) is 0 Å². The van der Waals surface area contributed by atoms with Crippen molar-refractivity contribution in [1.29, 1.82) is 5.26 Å². The standard InChI is InChI=1S/C12H16N2O/c1-8-4-9(2)12(15-3)10(5-8)6-11(14)7-13/h4-5,11H,6,14H2,1-3H3. The molecule has 1 unspecified atom stereocenters. The van der Waals surface area contributed by atoms with E-state index in [1.165, 1.54) is 0 Å². The van der Waals surface area contributed by atoms with Gasteiger partial charge in [0.05, 0.1) is 19.2 Å². The lowest BCUT2D eigenvalue weighted by Gasteiger charge is -2.13. The molecule has 3 nitrogen and oxygen atoms in total. The number of nitrogens with zero attached hydrogens (tertiary/aromatic N) is 1. The van der Waals surface area contributed by atoms with E-state index in [2.05, 4.69) is 6.07 Å². The molecule has 15 heavy (non-hydrogen) atoms. The molecule has 0 heterocycles. The first-order valence-electron chi connectivity index (χ1n) is 4.87. The van der Waals surface area contributed by atoms with Crippen molar-refractivity contribution in [2.24, 2.45) is 5.73 Å². The van der Waals surface area contributed by atoms with E-state index in [1.807, 2.05) is 26.0 Å². The minimum absolute atomic E-state index is 0.472. The summed E-state index contributed by atoms with van der Waals surface area (Å²) in [5.74, 6) is 0.839. The van der Waals surface area contributed by atoms with Gasteiger partial charge in [-0.05, 0) is 25.0 Å². The van der Waals surface area contributed by atoms with Crippen LogP contribution in [0.5, 0.6) is 5.75 Å².